The number of aliphatic hydroxyl groups excluding tert-OH is 1. The second-order valence-corrected chi connectivity index (χ2v) is 4.78. The van der Waals surface area contributed by atoms with E-state index < -0.39 is 23.9 Å². The highest BCUT2D eigenvalue weighted by atomic mass is 19.1. The maximum Gasteiger partial charge on any atom is 0.224 e. The van der Waals surface area contributed by atoms with E-state index in [1.807, 2.05) is 6.07 Å². The predicted molar refractivity (Wildman–Crippen MR) is 78.9 cm³/mol. The molecule has 0 aliphatic rings. The lowest BCUT2D eigenvalue weighted by Gasteiger charge is -2.15. The van der Waals surface area contributed by atoms with Crippen LogP contribution in [0.5, 0.6) is 0 Å². The first-order chi connectivity index (χ1) is 10.6. The molecule has 0 aliphatic carbocycles. The Labute approximate surface area is 127 Å². The maximum absolute atomic E-state index is 13.7. The average Bonchev–Trinajstić information content (AvgIpc) is 2.54. The largest absolute Gasteiger partial charge is 0.388 e. The maximum atomic E-state index is 13.7. The first-order valence-corrected chi connectivity index (χ1v) is 6.78. The Hall–Kier alpha value is -2.71. The molecular weight excluding hydrogens is 283 g/mol. The topological polar surface area (TPSA) is 73.1 Å². The van der Waals surface area contributed by atoms with E-state index in [9.17, 15) is 14.3 Å². The summed E-state index contributed by atoms with van der Waals surface area (Å²) in [6.45, 7) is 0. The Morgan fingerprint density at radius 3 is 2.45 bits per heavy atom. The third kappa shape index (κ3) is 3.90. The zero-order chi connectivity index (χ0) is 15.9. The van der Waals surface area contributed by atoms with Gasteiger partial charge in [-0.2, -0.15) is 5.26 Å². The van der Waals surface area contributed by atoms with Gasteiger partial charge in [0.25, 0.3) is 0 Å². The second kappa shape index (κ2) is 7.34. The van der Waals surface area contributed by atoms with Gasteiger partial charge in [-0.25, -0.2) is 4.39 Å². The molecule has 1 amide bonds. The van der Waals surface area contributed by atoms with Crippen LogP contribution in [0.3, 0.4) is 0 Å². The van der Waals surface area contributed by atoms with Crippen LogP contribution in [0.25, 0.3) is 0 Å². The van der Waals surface area contributed by atoms with Crippen molar-refractivity contribution in [2.45, 2.75) is 18.6 Å². The Morgan fingerprint density at radius 2 is 1.82 bits per heavy atom. The summed E-state index contributed by atoms with van der Waals surface area (Å²) in [4.78, 5) is 11.9. The molecule has 2 aromatic rings. The number of halogens is 1. The third-order valence-corrected chi connectivity index (χ3v) is 3.21. The monoisotopic (exact) mass is 298 g/mol. The molecule has 2 N–H and O–H groups in total. The van der Waals surface area contributed by atoms with Crippen molar-refractivity contribution in [2.75, 3.05) is 0 Å². The summed E-state index contributed by atoms with van der Waals surface area (Å²) in [6.07, 6.45) is -1.17. The number of nitriles is 1. The Balaban J connectivity index is 2.02. The van der Waals surface area contributed by atoms with Gasteiger partial charge < -0.3 is 10.4 Å². The number of carbonyl (C=O) groups excluding carboxylic acids is 1. The molecule has 0 fully saturated rings. The van der Waals surface area contributed by atoms with Crippen molar-refractivity contribution in [3.05, 3.63) is 71.5 Å². The fourth-order valence-corrected chi connectivity index (χ4v) is 2.08. The SMILES string of the molecule is N#CC(NC(=O)CC(O)c1ccccc1)c1ccccc1F. The summed E-state index contributed by atoms with van der Waals surface area (Å²) in [5.74, 6) is -1.08. The number of amides is 1. The summed E-state index contributed by atoms with van der Waals surface area (Å²) >= 11 is 0. The molecule has 0 saturated carbocycles. The van der Waals surface area contributed by atoms with Gasteiger partial charge in [0.05, 0.1) is 18.6 Å². The van der Waals surface area contributed by atoms with E-state index >= 15 is 0 Å². The standard InChI is InChI=1S/C17H15FN2O2/c18-14-9-5-4-8-13(14)15(11-19)20-17(22)10-16(21)12-6-2-1-3-7-12/h1-9,15-16,21H,10H2,(H,20,22). The molecule has 2 aromatic carbocycles. The molecule has 2 rings (SSSR count). The lowest BCUT2D eigenvalue weighted by Crippen LogP contribution is -2.29. The highest BCUT2D eigenvalue weighted by molar-refractivity contribution is 5.77. The van der Waals surface area contributed by atoms with Crippen LogP contribution in [-0.4, -0.2) is 11.0 Å². The fourth-order valence-electron chi connectivity index (χ4n) is 2.08. The van der Waals surface area contributed by atoms with Crippen LogP contribution in [0.15, 0.2) is 54.6 Å². The van der Waals surface area contributed by atoms with E-state index in [4.69, 9.17) is 5.26 Å². The summed E-state index contributed by atoms with van der Waals surface area (Å²) in [5, 5.41) is 21.5. The van der Waals surface area contributed by atoms with Gasteiger partial charge >= 0.3 is 0 Å². The molecule has 0 aliphatic heterocycles. The average molecular weight is 298 g/mol. The van der Waals surface area contributed by atoms with Crippen molar-refractivity contribution in [1.29, 1.82) is 5.26 Å². The fraction of sp³-hybridized carbons (Fsp3) is 0.176. The molecule has 5 heteroatoms. The third-order valence-electron chi connectivity index (χ3n) is 3.21. The molecule has 0 aromatic heterocycles. The van der Waals surface area contributed by atoms with Gasteiger partial charge in [-0.1, -0.05) is 48.5 Å². The van der Waals surface area contributed by atoms with Crippen molar-refractivity contribution in [3.8, 4) is 6.07 Å². The van der Waals surface area contributed by atoms with Gasteiger partial charge in [0.1, 0.15) is 11.9 Å². The predicted octanol–water partition coefficient (Wildman–Crippen LogP) is 2.63. The molecule has 0 saturated heterocycles. The lowest BCUT2D eigenvalue weighted by molar-refractivity contribution is -0.123. The van der Waals surface area contributed by atoms with E-state index in [2.05, 4.69) is 5.32 Å². The van der Waals surface area contributed by atoms with Crippen LogP contribution in [-0.2, 0) is 4.79 Å². The lowest BCUT2D eigenvalue weighted by atomic mass is 10.0. The molecule has 2 atom stereocenters. The summed E-state index contributed by atoms with van der Waals surface area (Å²) in [6, 6.07) is 15.3. The van der Waals surface area contributed by atoms with Crippen LogP contribution >= 0.6 is 0 Å². The minimum atomic E-state index is -1.09. The van der Waals surface area contributed by atoms with Crippen LogP contribution in [0.4, 0.5) is 4.39 Å². The van der Waals surface area contributed by atoms with Crippen molar-refractivity contribution in [2.24, 2.45) is 0 Å². The summed E-state index contributed by atoms with van der Waals surface area (Å²) < 4.78 is 13.7. The second-order valence-electron chi connectivity index (χ2n) is 4.78. The minimum Gasteiger partial charge on any atom is -0.388 e. The Bertz CT molecular complexity index is 683. The van der Waals surface area contributed by atoms with Gasteiger partial charge in [0.15, 0.2) is 0 Å². The van der Waals surface area contributed by atoms with Crippen molar-refractivity contribution < 1.29 is 14.3 Å². The summed E-state index contributed by atoms with van der Waals surface area (Å²) in [5.41, 5.74) is 0.713. The summed E-state index contributed by atoms with van der Waals surface area (Å²) in [7, 11) is 0. The minimum absolute atomic E-state index is 0.104. The normalized spacial score (nSPS) is 13.0. The molecule has 0 heterocycles. The number of rotatable bonds is 5. The molecular formula is C17H15FN2O2. The Kier molecular flexibility index (Phi) is 5.23. The number of nitrogens with zero attached hydrogens (tertiary/aromatic N) is 1. The van der Waals surface area contributed by atoms with Crippen LogP contribution in [0.1, 0.15) is 29.7 Å². The van der Waals surface area contributed by atoms with E-state index in [0.29, 0.717) is 5.56 Å². The van der Waals surface area contributed by atoms with Gasteiger partial charge in [-0.3, -0.25) is 4.79 Å². The van der Waals surface area contributed by atoms with E-state index in [1.54, 1.807) is 36.4 Å². The van der Waals surface area contributed by atoms with E-state index in [0.717, 1.165) is 0 Å². The highest BCUT2D eigenvalue weighted by Gasteiger charge is 2.19. The van der Waals surface area contributed by atoms with Gasteiger partial charge in [-0.05, 0) is 11.6 Å². The number of nitrogens with one attached hydrogen (secondary N) is 1. The molecule has 2 unspecified atom stereocenters. The van der Waals surface area contributed by atoms with Crippen molar-refractivity contribution in [3.63, 3.8) is 0 Å². The van der Waals surface area contributed by atoms with Crippen LogP contribution < -0.4 is 5.32 Å². The quantitative estimate of drug-likeness (QED) is 0.891. The van der Waals surface area contributed by atoms with Crippen LogP contribution in [0.2, 0.25) is 0 Å². The zero-order valence-corrected chi connectivity index (χ0v) is 11.7. The first kappa shape index (κ1) is 15.7. The van der Waals surface area contributed by atoms with Crippen LogP contribution in [0, 0.1) is 17.1 Å². The smallest absolute Gasteiger partial charge is 0.224 e. The molecule has 22 heavy (non-hydrogen) atoms. The number of aliphatic hydroxyl groups is 1. The number of hydrogen-bond donors (Lipinski definition) is 2. The van der Waals surface area contributed by atoms with Crippen molar-refractivity contribution in [1.82, 2.24) is 5.32 Å². The van der Waals surface area contributed by atoms with E-state index in [1.165, 1.54) is 18.2 Å². The van der Waals surface area contributed by atoms with Gasteiger partial charge in [0.2, 0.25) is 5.91 Å². The number of benzene rings is 2. The van der Waals surface area contributed by atoms with Crippen molar-refractivity contribution >= 4 is 5.91 Å². The molecule has 4 nitrogen and oxygen atoms in total. The van der Waals surface area contributed by atoms with Gasteiger partial charge in [0, 0.05) is 5.56 Å². The van der Waals surface area contributed by atoms with E-state index in [-0.39, 0.29) is 12.0 Å². The molecule has 0 spiro atoms. The number of carbonyl (C=O) groups is 1. The Morgan fingerprint density at radius 1 is 1.18 bits per heavy atom. The highest BCUT2D eigenvalue weighted by Crippen LogP contribution is 2.19. The number of hydrogen-bond acceptors (Lipinski definition) is 3. The molecule has 0 radical (unpaired) electrons. The van der Waals surface area contributed by atoms with Gasteiger partial charge in [-0.15, -0.1) is 0 Å². The molecule has 112 valence electrons. The zero-order valence-electron chi connectivity index (χ0n) is 11.7. The first-order valence-electron chi connectivity index (χ1n) is 6.78. The molecule has 0 bridgehead atoms.